The van der Waals surface area contributed by atoms with Crippen LogP contribution in [-0.4, -0.2) is 38.7 Å². The molecular formula is C15H17NO3. The van der Waals surface area contributed by atoms with Crippen molar-refractivity contribution in [1.82, 2.24) is 0 Å². The van der Waals surface area contributed by atoms with Crippen LogP contribution in [0.2, 0.25) is 0 Å². The molecule has 4 heteroatoms. The summed E-state index contributed by atoms with van der Waals surface area (Å²) in [7, 11) is 3.24. The van der Waals surface area contributed by atoms with Gasteiger partial charge in [-0.15, -0.1) is 0 Å². The summed E-state index contributed by atoms with van der Waals surface area (Å²) in [5, 5.41) is 10.8. The van der Waals surface area contributed by atoms with E-state index in [2.05, 4.69) is 4.99 Å². The van der Waals surface area contributed by atoms with Crippen LogP contribution in [0.3, 0.4) is 0 Å². The third-order valence-electron chi connectivity index (χ3n) is 2.88. The fourth-order valence-corrected chi connectivity index (χ4v) is 2.04. The minimum atomic E-state index is 0.0434. The Kier molecular flexibility index (Phi) is 4.36. The highest BCUT2D eigenvalue weighted by Crippen LogP contribution is 2.37. The maximum atomic E-state index is 8.78. The number of hydrogen-bond donors (Lipinski definition) is 1. The van der Waals surface area contributed by atoms with Gasteiger partial charge in [-0.05, 0) is 11.5 Å². The minimum absolute atomic E-state index is 0.0434. The molecule has 0 aliphatic rings. The quantitative estimate of drug-likeness (QED) is 0.838. The number of ether oxygens (including phenoxy) is 2. The summed E-state index contributed by atoms with van der Waals surface area (Å²) in [5.41, 5.74) is 0.946. The molecule has 2 aromatic carbocycles. The lowest BCUT2D eigenvalue weighted by molar-refractivity contribution is 0.307. The summed E-state index contributed by atoms with van der Waals surface area (Å²) in [6.45, 7) is 0.435. The average molecular weight is 259 g/mol. The molecule has 2 rings (SSSR count). The first-order valence-electron chi connectivity index (χ1n) is 6.06. The monoisotopic (exact) mass is 259 g/mol. The van der Waals surface area contributed by atoms with Crippen LogP contribution >= 0.6 is 0 Å². The van der Waals surface area contributed by atoms with E-state index in [0.29, 0.717) is 12.3 Å². The van der Waals surface area contributed by atoms with E-state index in [-0.39, 0.29) is 6.61 Å². The van der Waals surface area contributed by atoms with Gasteiger partial charge >= 0.3 is 0 Å². The van der Waals surface area contributed by atoms with Gasteiger partial charge in [0.25, 0.3) is 0 Å². The van der Waals surface area contributed by atoms with E-state index >= 15 is 0 Å². The van der Waals surface area contributed by atoms with Gasteiger partial charge in [0.1, 0.15) is 0 Å². The zero-order valence-corrected chi connectivity index (χ0v) is 11.1. The van der Waals surface area contributed by atoms with Crippen LogP contribution in [-0.2, 0) is 0 Å². The van der Waals surface area contributed by atoms with Crippen LogP contribution in [0.1, 0.15) is 5.56 Å². The highest BCUT2D eigenvalue weighted by atomic mass is 16.5. The van der Waals surface area contributed by atoms with Crippen molar-refractivity contribution in [3.63, 3.8) is 0 Å². The molecule has 0 aromatic heterocycles. The normalized spacial score (nSPS) is 11.1. The average Bonchev–Trinajstić information content (AvgIpc) is 2.46. The van der Waals surface area contributed by atoms with Crippen LogP contribution < -0.4 is 9.47 Å². The number of hydrogen-bond acceptors (Lipinski definition) is 4. The Morgan fingerprint density at radius 2 is 1.89 bits per heavy atom. The number of aliphatic imine (C=N–C) groups is 1. The van der Waals surface area contributed by atoms with E-state index in [1.165, 1.54) is 0 Å². The van der Waals surface area contributed by atoms with E-state index in [1.807, 2.05) is 30.3 Å². The van der Waals surface area contributed by atoms with Gasteiger partial charge in [0, 0.05) is 17.2 Å². The standard InChI is InChI=1S/C15H17NO3/c1-18-14-9-11(10-16-7-8-17)12-5-3-4-6-13(12)15(14)19-2/h3-6,9-10,17H,7-8H2,1-2H3. The molecule has 0 spiro atoms. The first-order valence-corrected chi connectivity index (χ1v) is 6.06. The Morgan fingerprint density at radius 3 is 2.53 bits per heavy atom. The summed E-state index contributed by atoms with van der Waals surface area (Å²) in [6.07, 6.45) is 1.75. The smallest absolute Gasteiger partial charge is 0.168 e. The van der Waals surface area contributed by atoms with Crippen molar-refractivity contribution in [2.45, 2.75) is 0 Å². The maximum absolute atomic E-state index is 8.78. The number of methoxy groups -OCH3 is 2. The minimum Gasteiger partial charge on any atom is -0.493 e. The first kappa shape index (κ1) is 13.4. The highest BCUT2D eigenvalue weighted by Gasteiger charge is 2.11. The molecule has 0 amide bonds. The summed E-state index contributed by atoms with van der Waals surface area (Å²) in [4.78, 5) is 4.17. The third kappa shape index (κ3) is 2.69. The molecule has 100 valence electrons. The van der Waals surface area contributed by atoms with Crippen LogP contribution in [0.15, 0.2) is 35.3 Å². The van der Waals surface area contributed by atoms with Crippen molar-refractivity contribution < 1.29 is 14.6 Å². The van der Waals surface area contributed by atoms with Crippen LogP contribution in [0.4, 0.5) is 0 Å². The number of nitrogens with zero attached hydrogens (tertiary/aromatic N) is 1. The van der Waals surface area contributed by atoms with Gasteiger partial charge in [-0.1, -0.05) is 24.3 Å². The number of benzene rings is 2. The van der Waals surface area contributed by atoms with Crippen LogP contribution in [0.5, 0.6) is 11.5 Å². The lowest BCUT2D eigenvalue weighted by Gasteiger charge is -2.12. The molecule has 19 heavy (non-hydrogen) atoms. The molecular weight excluding hydrogens is 242 g/mol. The second-order valence-electron chi connectivity index (χ2n) is 4.01. The van der Waals surface area contributed by atoms with E-state index in [4.69, 9.17) is 14.6 Å². The van der Waals surface area contributed by atoms with Crippen molar-refractivity contribution in [1.29, 1.82) is 0 Å². The largest absolute Gasteiger partial charge is 0.493 e. The molecule has 2 aromatic rings. The number of aliphatic hydroxyl groups is 1. The van der Waals surface area contributed by atoms with Crippen molar-refractivity contribution in [2.24, 2.45) is 4.99 Å². The molecule has 0 unspecified atom stereocenters. The van der Waals surface area contributed by atoms with Gasteiger partial charge in [0.05, 0.1) is 27.4 Å². The SMILES string of the molecule is COc1cc(C=NCCO)c2ccccc2c1OC. The highest BCUT2D eigenvalue weighted by molar-refractivity contribution is 6.03. The van der Waals surface area contributed by atoms with E-state index < -0.39 is 0 Å². The Hall–Kier alpha value is -2.07. The molecule has 0 aliphatic carbocycles. The molecule has 0 fully saturated rings. The van der Waals surface area contributed by atoms with Gasteiger partial charge in [0.2, 0.25) is 0 Å². The molecule has 4 nitrogen and oxygen atoms in total. The predicted octanol–water partition coefficient (Wildman–Crippen LogP) is 2.27. The number of rotatable bonds is 5. The van der Waals surface area contributed by atoms with Crippen molar-refractivity contribution in [2.75, 3.05) is 27.4 Å². The van der Waals surface area contributed by atoms with Gasteiger partial charge in [-0.2, -0.15) is 0 Å². The van der Waals surface area contributed by atoms with Gasteiger partial charge in [0.15, 0.2) is 11.5 Å². The summed E-state index contributed by atoms with van der Waals surface area (Å²) >= 11 is 0. The Balaban J connectivity index is 2.63. The Labute approximate surface area is 112 Å². The summed E-state index contributed by atoms with van der Waals surface area (Å²) < 4.78 is 10.8. The van der Waals surface area contributed by atoms with Gasteiger partial charge < -0.3 is 14.6 Å². The summed E-state index contributed by atoms with van der Waals surface area (Å²) in [6, 6.07) is 9.82. The topological polar surface area (TPSA) is 51.0 Å². The third-order valence-corrected chi connectivity index (χ3v) is 2.88. The van der Waals surface area contributed by atoms with E-state index in [1.54, 1.807) is 20.4 Å². The fraction of sp³-hybridized carbons (Fsp3) is 0.267. The Morgan fingerprint density at radius 1 is 1.16 bits per heavy atom. The van der Waals surface area contributed by atoms with Crippen molar-refractivity contribution >= 4 is 17.0 Å². The molecule has 0 heterocycles. The molecule has 0 saturated heterocycles. The molecule has 0 radical (unpaired) electrons. The molecule has 1 N–H and O–H groups in total. The van der Waals surface area contributed by atoms with E-state index in [9.17, 15) is 0 Å². The zero-order chi connectivity index (χ0) is 13.7. The van der Waals surface area contributed by atoms with Crippen molar-refractivity contribution in [3.05, 3.63) is 35.9 Å². The fourth-order valence-electron chi connectivity index (χ4n) is 2.04. The van der Waals surface area contributed by atoms with E-state index in [0.717, 1.165) is 22.1 Å². The second kappa shape index (κ2) is 6.20. The predicted molar refractivity (Wildman–Crippen MR) is 76.6 cm³/mol. The summed E-state index contributed by atoms with van der Waals surface area (Å²) in [5.74, 6) is 1.39. The molecule has 0 atom stereocenters. The number of fused-ring (bicyclic) bond motifs is 1. The lowest BCUT2D eigenvalue weighted by atomic mass is 10.0. The maximum Gasteiger partial charge on any atom is 0.168 e. The van der Waals surface area contributed by atoms with Crippen LogP contribution in [0, 0.1) is 0 Å². The molecule has 0 saturated carbocycles. The van der Waals surface area contributed by atoms with Crippen molar-refractivity contribution in [3.8, 4) is 11.5 Å². The first-order chi connectivity index (χ1) is 9.31. The second-order valence-corrected chi connectivity index (χ2v) is 4.01. The molecule has 0 bridgehead atoms. The number of aliphatic hydroxyl groups excluding tert-OH is 1. The molecule has 0 aliphatic heterocycles. The Bertz CT molecular complexity index is 593. The lowest BCUT2D eigenvalue weighted by Crippen LogP contribution is -1.96. The van der Waals surface area contributed by atoms with Gasteiger partial charge in [-0.3, -0.25) is 4.99 Å². The zero-order valence-electron chi connectivity index (χ0n) is 11.1. The van der Waals surface area contributed by atoms with Crippen LogP contribution in [0.25, 0.3) is 10.8 Å². The van der Waals surface area contributed by atoms with Gasteiger partial charge in [-0.25, -0.2) is 0 Å².